The van der Waals surface area contributed by atoms with Crippen molar-refractivity contribution in [1.82, 2.24) is 4.90 Å². The molecule has 0 aromatic heterocycles. The molecule has 0 saturated heterocycles. The summed E-state index contributed by atoms with van der Waals surface area (Å²) >= 11 is 0. The molecule has 1 aromatic carbocycles. The van der Waals surface area contributed by atoms with Crippen LogP contribution >= 0.6 is 0 Å². The second-order valence-electron chi connectivity index (χ2n) is 5.31. The molecule has 4 heteroatoms. The predicted octanol–water partition coefficient (Wildman–Crippen LogP) is 3.72. The van der Waals surface area contributed by atoms with Crippen LogP contribution in [0.5, 0.6) is 0 Å². The van der Waals surface area contributed by atoms with Crippen molar-refractivity contribution in [3.8, 4) is 0 Å². The minimum absolute atomic E-state index is 0.292. The minimum Gasteiger partial charge on any atom is -0.323 e. The fraction of sp³-hybridized carbons (Fsp3) is 0.625. The molecule has 2 nitrogen and oxygen atoms in total. The Labute approximate surface area is 121 Å². The van der Waals surface area contributed by atoms with E-state index in [1.807, 2.05) is 0 Å². The van der Waals surface area contributed by atoms with Gasteiger partial charge in [-0.15, -0.1) is 0 Å². The number of nitrogens with two attached hydrogens (primary N) is 1. The maximum atomic E-state index is 13.2. The van der Waals surface area contributed by atoms with Crippen molar-refractivity contribution in [3.05, 3.63) is 35.4 Å². The third kappa shape index (κ3) is 4.84. The van der Waals surface area contributed by atoms with E-state index in [0.29, 0.717) is 18.0 Å². The standard InChI is InChI=1S/C16H26F2N2/c1-4-12(5-2)10-20(6-3)11-16(19)13-7-8-14(17)15(18)9-13/h7-9,12,16H,4-6,10-11,19H2,1-3H3. The van der Waals surface area contributed by atoms with Gasteiger partial charge in [0.15, 0.2) is 11.6 Å². The van der Waals surface area contributed by atoms with E-state index in [1.165, 1.54) is 6.07 Å². The summed E-state index contributed by atoms with van der Waals surface area (Å²) in [5, 5.41) is 0. The van der Waals surface area contributed by atoms with Gasteiger partial charge in [-0.1, -0.05) is 39.7 Å². The van der Waals surface area contributed by atoms with Crippen LogP contribution in [-0.2, 0) is 0 Å². The highest BCUT2D eigenvalue weighted by Crippen LogP contribution is 2.17. The predicted molar refractivity (Wildman–Crippen MR) is 79.5 cm³/mol. The highest BCUT2D eigenvalue weighted by atomic mass is 19.2. The summed E-state index contributed by atoms with van der Waals surface area (Å²) in [4.78, 5) is 2.28. The second kappa shape index (κ2) is 8.32. The molecule has 0 heterocycles. The maximum absolute atomic E-state index is 13.2. The van der Waals surface area contributed by atoms with Gasteiger partial charge in [-0.2, -0.15) is 0 Å². The lowest BCUT2D eigenvalue weighted by Gasteiger charge is -2.28. The Morgan fingerprint density at radius 1 is 1.05 bits per heavy atom. The Hall–Kier alpha value is -1.00. The molecule has 2 N–H and O–H groups in total. The van der Waals surface area contributed by atoms with Crippen molar-refractivity contribution in [2.75, 3.05) is 19.6 Å². The van der Waals surface area contributed by atoms with E-state index in [1.54, 1.807) is 6.07 Å². The van der Waals surface area contributed by atoms with E-state index in [9.17, 15) is 8.78 Å². The summed E-state index contributed by atoms with van der Waals surface area (Å²) in [6.07, 6.45) is 2.29. The van der Waals surface area contributed by atoms with Crippen LogP contribution in [0.4, 0.5) is 8.78 Å². The summed E-state index contributed by atoms with van der Waals surface area (Å²) in [7, 11) is 0. The average Bonchev–Trinajstić information content (AvgIpc) is 2.46. The van der Waals surface area contributed by atoms with Crippen LogP contribution in [0.3, 0.4) is 0 Å². The summed E-state index contributed by atoms with van der Waals surface area (Å²) < 4.78 is 26.2. The quantitative estimate of drug-likeness (QED) is 0.788. The lowest BCUT2D eigenvalue weighted by molar-refractivity contribution is 0.221. The normalized spacial score (nSPS) is 13.2. The first-order valence-electron chi connectivity index (χ1n) is 7.44. The number of likely N-dealkylation sites (N-methyl/N-ethyl adjacent to an activating group) is 1. The Morgan fingerprint density at radius 2 is 1.70 bits per heavy atom. The highest BCUT2D eigenvalue weighted by molar-refractivity contribution is 5.21. The van der Waals surface area contributed by atoms with E-state index in [2.05, 4.69) is 25.7 Å². The number of nitrogens with zero attached hydrogens (tertiary/aromatic N) is 1. The number of hydrogen-bond donors (Lipinski definition) is 1. The minimum atomic E-state index is -0.832. The first-order chi connectivity index (χ1) is 9.51. The molecule has 0 aliphatic heterocycles. The first kappa shape index (κ1) is 17.1. The monoisotopic (exact) mass is 284 g/mol. The number of rotatable bonds is 8. The van der Waals surface area contributed by atoms with E-state index in [0.717, 1.165) is 32.0 Å². The molecular weight excluding hydrogens is 258 g/mol. The molecule has 0 radical (unpaired) electrons. The average molecular weight is 284 g/mol. The van der Waals surface area contributed by atoms with Crippen LogP contribution in [0, 0.1) is 17.6 Å². The Bertz CT molecular complexity index is 405. The molecule has 0 fully saturated rings. The molecule has 1 atom stereocenters. The van der Waals surface area contributed by atoms with Gasteiger partial charge >= 0.3 is 0 Å². The third-order valence-corrected chi connectivity index (χ3v) is 3.95. The summed E-state index contributed by atoms with van der Waals surface area (Å²) in [6, 6.07) is 3.61. The van der Waals surface area contributed by atoms with Crippen molar-refractivity contribution < 1.29 is 8.78 Å². The molecule has 1 aromatic rings. The lowest BCUT2D eigenvalue weighted by Crippen LogP contribution is -2.35. The Morgan fingerprint density at radius 3 is 2.20 bits per heavy atom. The van der Waals surface area contributed by atoms with E-state index < -0.39 is 11.6 Å². The van der Waals surface area contributed by atoms with Crippen molar-refractivity contribution in [1.29, 1.82) is 0 Å². The first-order valence-corrected chi connectivity index (χ1v) is 7.44. The van der Waals surface area contributed by atoms with Gasteiger partial charge in [-0.05, 0) is 30.2 Å². The van der Waals surface area contributed by atoms with Gasteiger partial charge in [0.1, 0.15) is 0 Å². The zero-order valence-electron chi connectivity index (χ0n) is 12.7. The van der Waals surface area contributed by atoms with Crippen molar-refractivity contribution in [2.45, 2.75) is 39.7 Å². The van der Waals surface area contributed by atoms with Crippen molar-refractivity contribution in [3.63, 3.8) is 0 Å². The molecule has 114 valence electrons. The van der Waals surface area contributed by atoms with Crippen molar-refractivity contribution in [2.24, 2.45) is 11.7 Å². The Kier molecular flexibility index (Phi) is 7.10. The number of halogens is 2. The molecule has 0 amide bonds. The fourth-order valence-corrected chi connectivity index (χ4v) is 2.37. The Balaban J connectivity index is 2.66. The number of benzene rings is 1. The third-order valence-electron chi connectivity index (χ3n) is 3.95. The van der Waals surface area contributed by atoms with Gasteiger partial charge in [0.05, 0.1) is 0 Å². The second-order valence-corrected chi connectivity index (χ2v) is 5.31. The van der Waals surface area contributed by atoms with E-state index in [4.69, 9.17) is 5.73 Å². The molecule has 0 bridgehead atoms. The topological polar surface area (TPSA) is 29.3 Å². The summed E-state index contributed by atoms with van der Waals surface area (Å²) in [6.45, 7) is 9.06. The molecule has 0 saturated carbocycles. The lowest BCUT2D eigenvalue weighted by atomic mass is 10.0. The summed E-state index contributed by atoms with van der Waals surface area (Å²) in [5.74, 6) is -1.00. The molecule has 0 aliphatic rings. The molecule has 20 heavy (non-hydrogen) atoms. The molecule has 1 rings (SSSR count). The van der Waals surface area contributed by atoms with Crippen LogP contribution in [0.15, 0.2) is 18.2 Å². The van der Waals surface area contributed by atoms with Gasteiger partial charge in [-0.25, -0.2) is 8.78 Å². The van der Waals surface area contributed by atoms with Crippen LogP contribution < -0.4 is 5.73 Å². The maximum Gasteiger partial charge on any atom is 0.159 e. The zero-order chi connectivity index (χ0) is 15.1. The SMILES string of the molecule is CCC(CC)CN(CC)CC(N)c1ccc(F)c(F)c1. The molecule has 1 unspecified atom stereocenters. The van der Waals surface area contributed by atoms with Crippen LogP contribution in [0.2, 0.25) is 0 Å². The van der Waals surface area contributed by atoms with Crippen molar-refractivity contribution >= 4 is 0 Å². The summed E-state index contributed by atoms with van der Waals surface area (Å²) in [5.41, 5.74) is 6.76. The van der Waals surface area contributed by atoms with Crippen LogP contribution in [0.25, 0.3) is 0 Å². The largest absolute Gasteiger partial charge is 0.323 e. The smallest absolute Gasteiger partial charge is 0.159 e. The van der Waals surface area contributed by atoms with Crippen LogP contribution in [0.1, 0.15) is 45.2 Å². The van der Waals surface area contributed by atoms with Gasteiger partial charge in [0.2, 0.25) is 0 Å². The number of hydrogen-bond acceptors (Lipinski definition) is 2. The van der Waals surface area contributed by atoms with Gasteiger partial charge in [0.25, 0.3) is 0 Å². The highest BCUT2D eigenvalue weighted by Gasteiger charge is 2.15. The molecule has 0 aliphatic carbocycles. The molecule has 0 spiro atoms. The van der Waals surface area contributed by atoms with Gasteiger partial charge in [0, 0.05) is 19.1 Å². The van der Waals surface area contributed by atoms with E-state index in [-0.39, 0.29) is 6.04 Å². The van der Waals surface area contributed by atoms with Gasteiger partial charge < -0.3 is 10.6 Å². The zero-order valence-corrected chi connectivity index (χ0v) is 12.7. The van der Waals surface area contributed by atoms with E-state index >= 15 is 0 Å². The van der Waals surface area contributed by atoms with Gasteiger partial charge in [-0.3, -0.25) is 0 Å². The fourth-order valence-electron chi connectivity index (χ4n) is 2.37. The molecular formula is C16H26F2N2. The van der Waals surface area contributed by atoms with Crippen LogP contribution in [-0.4, -0.2) is 24.5 Å².